The van der Waals surface area contributed by atoms with Gasteiger partial charge < -0.3 is 5.32 Å². The fourth-order valence-electron chi connectivity index (χ4n) is 2.59. The summed E-state index contributed by atoms with van der Waals surface area (Å²) in [5.74, 6) is -0.384. The summed E-state index contributed by atoms with van der Waals surface area (Å²) in [4.78, 5) is 16.5. The van der Waals surface area contributed by atoms with Gasteiger partial charge in [0.2, 0.25) is 0 Å². The van der Waals surface area contributed by atoms with E-state index >= 15 is 0 Å². The third-order valence-corrected chi connectivity index (χ3v) is 3.86. The van der Waals surface area contributed by atoms with Gasteiger partial charge in [0.25, 0.3) is 12.3 Å². The number of nitrogens with zero attached hydrogens (tertiary/aromatic N) is 5. The minimum absolute atomic E-state index is 0.135. The van der Waals surface area contributed by atoms with Crippen molar-refractivity contribution in [2.45, 2.75) is 33.2 Å². The predicted molar refractivity (Wildman–Crippen MR) is 86.6 cm³/mol. The lowest BCUT2D eigenvalue weighted by molar-refractivity contribution is 0.0953. The molecule has 3 heterocycles. The van der Waals surface area contributed by atoms with Crippen LogP contribution in [0.3, 0.4) is 0 Å². The van der Waals surface area contributed by atoms with E-state index in [9.17, 15) is 13.6 Å². The normalized spacial score (nSPS) is 11.4. The Morgan fingerprint density at radius 2 is 2.12 bits per heavy atom. The molecule has 0 saturated carbocycles. The highest BCUT2D eigenvalue weighted by atomic mass is 19.3. The van der Waals surface area contributed by atoms with Gasteiger partial charge in [-0.1, -0.05) is 0 Å². The molecular weight excluding hydrogens is 330 g/mol. The van der Waals surface area contributed by atoms with Crippen LogP contribution in [0, 0.1) is 13.8 Å². The molecular formula is C16H18F2N6O. The second-order valence-corrected chi connectivity index (χ2v) is 5.72. The quantitative estimate of drug-likeness (QED) is 0.694. The Hall–Kier alpha value is -2.84. The van der Waals surface area contributed by atoms with Crippen molar-refractivity contribution < 1.29 is 13.6 Å². The number of carbonyl (C=O) groups excluding carboxylic acids is 1. The van der Waals surface area contributed by atoms with E-state index in [1.165, 1.54) is 12.3 Å². The van der Waals surface area contributed by atoms with Crippen LogP contribution in [0.5, 0.6) is 0 Å². The molecule has 1 amide bonds. The molecule has 0 fully saturated rings. The molecule has 3 aromatic rings. The van der Waals surface area contributed by atoms with Gasteiger partial charge in [-0.3, -0.25) is 9.48 Å². The summed E-state index contributed by atoms with van der Waals surface area (Å²) < 4.78 is 29.1. The number of aromatic nitrogens is 5. The highest BCUT2D eigenvalue weighted by Crippen LogP contribution is 2.21. The van der Waals surface area contributed by atoms with E-state index in [0.717, 1.165) is 10.2 Å². The topological polar surface area (TPSA) is 77.1 Å². The number of nitrogens with one attached hydrogen (secondary N) is 1. The van der Waals surface area contributed by atoms with Crippen molar-refractivity contribution in [3.63, 3.8) is 0 Å². The van der Waals surface area contributed by atoms with Crippen molar-refractivity contribution in [1.82, 2.24) is 29.7 Å². The average Bonchev–Trinajstić information content (AvgIpc) is 3.16. The van der Waals surface area contributed by atoms with Crippen molar-refractivity contribution in [3.05, 3.63) is 47.2 Å². The molecule has 1 N–H and O–H groups in total. The Bertz CT molecular complexity index is 901. The molecule has 132 valence electrons. The van der Waals surface area contributed by atoms with Crippen molar-refractivity contribution in [3.8, 4) is 0 Å². The molecule has 0 aliphatic carbocycles. The summed E-state index contributed by atoms with van der Waals surface area (Å²) in [5, 5.41) is 10.8. The fourth-order valence-corrected chi connectivity index (χ4v) is 2.59. The van der Waals surface area contributed by atoms with Crippen LogP contribution < -0.4 is 5.32 Å². The molecule has 0 aliphatic rings. The first-order chi connectivity index (χ1) is 12.0. The van der Waals surface area contributed by atoms with Crippen LogP contribution in [0.15, 0.2) is 24.5 Å². The molecule has 25 heavy (non-hydrogen) atoms. The number of fused-ring (bicyclic) bond motifs is 1. The summed E-state index contributed by atoms with van der Waals surface area (Å²) in [5.41, 5.74) is 1.49. The number of carbonyl (C=O) groups is 1. The summed E-state index contributed by atoms with van der Waals surface area (Å²) in [7, 11) is 0. The maximum absolute atomic E-state index is 13.1. The molecule has 0 atom stereocenters. The number of alkyl halides is 2. The zero-order valence-electron chi connectivity index (χ0n) is 13.9. The van der Waals surface area contributed by atoms with Crippen LogP contribution in [0.25, 0.3) is 5.65 Å². The highest BCUT2D eigenvalue weighted by Gasteiger charge is 2.20. The maximum atomic E-state index is 13.1. The minimum atomic E-state index is -2.70. The molecule has 0 bridgehead atoms. The number of halogens is 2. The number of hydrogen-bond donors (Lipinski definition) is 1. The molecule has 7 nitrogen and oxygen atoms in total. The third kappa shape index (κ3) is 3.49. The van der Waals surface area contributed by atoms with E-state index < -0.39 is 6.43 Å². The van der Waals surface area contributed by atoms with Gasteiger partial charge in [-0.2, -0.15) is 10.2 Å². The van der Waals surface area contributed by atoms with Crippen molar-refractivity contribution in [2.75, 3.05) is 6.54 Å². The molecule has 0 saturated heterocycles. The van der Waals surface area contributed by atoms with E-state index in [2.05, 4.69) is 20.5 Å². The minimum Gasteiger partial charge on any atom is -0.352 e. The predicted octanol–water partition coefficient (Wildman–Crippen LogP) is 2.30. The zero-order valence-corrected chi connectivity index (χ0v) is 13.9. The second kappa shape index (κ2) is 6.96. The van der Waals surface area contributed by atoms with E-state index in [0.29, 0.717) is 25.2 Å². The summed E-state index contributed by atoms with van der Waals surface area (Å²) >= 11 is 0. The van der Waals surface area contributed by atoms with E-state index in [-0.39, 0.29) is 22.8 Å². The smallest absolute Gasteiger partial charge is 0.280 e. The fraction of sp³-hybridized carbons (Fsp3) is 0.375. The molecule has 0 radical (unpaired) electrons. The molecule has 9 heteroatoms. The molecule has 0 aliphatic heterocycles. The molecule has 3 rings (SSSR count). The Labute approximate surface area is 142 Å². The zero-order chi connectivity index (χ0) is 18.0. The lowest BCUT2D eigenvalue weighted by Gasteiger charge is -2.07. The van der Waals surface area contributed by atoms with Crippen molar-refractivity contribution in [2.24, 2.45) is 0 Å². The largest absolute Gasteiger partial charge is 0.352 e. The van der Waals surface area contributed by atoms with Crippen LogP contribution in [0.4, 0.5) is 8.78 Å². The van der Waals surface area contributed by atoms with Crippen LogP contribution >= 0.6 is 0 Å². The van der Waals surface area contributed by atoms with Crippen LogP contribution in [-0.2, 0) is 6.54 Å². The average molecular weight is 348 g/mol. The Morgan fingerprint density at radius 3 is 2.80 bits per heavy atom. The molecule has 0 aromatic carbocycles. The Balaban J connectivity index is 1.69. The maximum Gasteiger partial charge on any atom is 0.280 e. The number of aryl methyl sites for hydroxylation is 3. The van der Waals surface area contributed by atoms with Gasteiger partial charge in [0.15, 0.2) is 5.65 Å². The standard InChI is InChI=1S/C16H18F2N6O/c1-10-8-13(14(17)18)24-15(22-10)12(9-21-24)16(25)19-5-3-7-23-11(2)4-6-20-23/h4,6,8-9,14H,3,5,7H2,1-2H3,(H,19,25). The summed E-state index contributed by atoms with van der Waals surface area (Å²) in [6.45, 7) is 4.68. The van der Waals surface area contributed by atoms with Gasteiger partial charge >= 0.3 is 0 Å². The van der Waals surface area contributed by atoms with E-state index in [1.54, 1.807) is 13.1 Å². The van der Waals surface area contributed by atoms with E-state index in [4.69, 9.17) is 0 Å². The van der Waals surface area contributed by atoms with Gasteiger partial charge in [-0.25, -0.2) is 18.3 Å². The monoisotopic (exact) mass is 348 g/mol. The lowest BCUT2D eigenvalue weighted by Crippen LogP contribution is -2.25. The number of hydrogen-bond acceptors (Lipinski definition) is 4. The third-order valence-electron chi connectivity index (χ3n) is 3.86. The first-order valence-electron chi connectivity index (χ1n) is 7.87. The van der Waals surface area contributed by atoms with Gasteiger partial charge in [-0.15, -0.1) is 0 Å². The first kappa shape index (κ1) is 17.0. The highest BCUT2D eigenvalue weighted by molar-refractivity contribution is 5.99. The van der Waals surface area contributed by atoms with Gasteiger partial charge in [0.05, 0.1) is 6.20 Å². The Kier molecular flexibility index (Phi) is 4.73. The van der Waals surface area contributed by atoms with Gasteiger partial charge in [0.1, 0.15) is 11.3 Å². The van der Waals surface area contributed by atoms with Gasteiger partial charge in [-0.05, 0) is 32.4 Å². The summed E-state index contributed by atoms with van der Waals surface area (Å²) in [6, 6.07) is 3.17. The van der Waals surface area contributed by atoms with Crippen molar-refractivity contribution in [1.29, 1.82) is 0 Å². The van der Waals surface area contributed by atoms with Crippen molar-refractivity contribution >= 4 is 11.6 Å². The second-order valence-electron chi connectivity index (χ2n) is 5.72. The van der Waals surface area contributed by atoms with Crippen LogP contribution in [-0.4, -0.2) is 36.8 Å². The van der Waals surface area contributed by atoms with E-state index in [1.807, 2.05) is 17.7 Å². The SMILES string of the molecule is Cc1cc(C(F)F)n2ncc(C(=O)NCCCn3nccc3C)c2n1. The first-order valence-corrected chi connectivity index (χ1v) is 7.87. The Morgan fingerprint density at radius 1 is 1.32 bits per heavy atom. The number of amides is 1. The molecule has 0 spiro atoms. The molecule has 3 aromatic heterocycles. The van der Waals surface area contributed by atoms with Crippen LogP contribution in [0.2, 0.25) is 0 Å². The number of rotatable bonds is 6. The van der Waals surface area contributed by atoms with Gasteiger partial charge in [0, 0.05) is 30.7 Å². The molecule has 0 unspecified atom stereocenters. The van der Waals surface area contributed by atoms with Crippen LogP contribution in [0.1, 0.15) is 40.3 Å². The lowest BCUT2D eigenvalue weighted by atomic mass is 10.2. The summed E-state index contributed by atoms with van der Waals surface area (Å²) in [6.07, 6.45) is 0.988.